The Bertz CT molecular complexity index is 1340. The number of phenolic OH excluding ortho intramolecular Hbond substituents is 1. The lowest BCUT2D eigenvalue weighted by Gasteiger charge is -2.26. The van der Waals surface area contributed by atoms with Crippen LogP contribution < -0.4 is 4.90 Å². The molecule has 0 spiro atoms. The summed E-state index contributed by atoms with van der Waals surface area (Å²) in [7, 11) is 0. The second-order valence-corrected chi connectivity index (χ2v) is 7.94. The van der Waals surface area contributed by atoms with E-state index in [-0.39, 0.29) is 22.8 Å². The maximum Gasteiger partial charge on any atom is 0.296 e. The van der Waals surface area contributed by atoms with E-state index in [1.165, 1.54) is 12.1 Å². The summed E-state index contributed by atoms with van der Waals surface area (Å²) < 4.78 is 0. The van der Waals surface area contributed by atoms with Crippen molar-refractivity contribution in [1.82, 2.24) is 0 Å². The first-order valence-electron chi connectivity index (χ1n) is 11.1. The largest absolute Gasteiger partial charge is 0.505 e. The molecule has 0 saturated heterocycles. The monoisotopic (exact) mass is 442 g/mol. The van der Waals surface area contributed by atoms with E-state index in [4.69, 9.17) is 0 Å². The van der Waals surface area contributed by atoms with Crippen LogP contribution in [0.15, 0.2) is 77.0 Å². The molecule has 0 amide bonds. The highest BCUT2D eigenvalue weighted by Gasteiger charge is 2.18. The minimum Gasteiger partial charge on any atom is -0.505 e. The number of aromatic hydroxyl groups is 1. The van der Waals surface area contributed by atoms with Crippen molar-refractivity contribution in [3.05, 3.63) is 76.8 Å². The number of rotatable bonds is 8. The molecule has 0 aliphatic heterocycles. The zero-order valence-corrected chi connectivity index (χ0v) is 18.7. The van der Waals surface area contributed by atoms with Gasteiger partial charge < -0.3 is 10.0 Å². The summed E-state index contributed by atoms with van der Waals surface area (Å²) in [5, 5.41) is 34.6. The first kappa shape index (κ1) is 22.2. The van der Waals surface area contributed by atoms with E-state index in [0.29, 0.717) is 5.39 Å². The van der Waals surface area contributed by atoms with Crippen molar-refractivity contribution < 1.29 is 10.0 Å². The molecule has 168 valence electrons. The van der Waals surface area contributed by atoms with E-state index in [9.17, 15) is 15.2 Å². The van der Waals surface area contributed by atoms with Crippen LogP contribution in [0.5, 0.6) is 5.75 Å². The Kier molecular flexibility index (Phi) is 6.49. The van der Waals surface area contributed by atoms with Gasteiger partial charge in [0, 0.05) is 35.6 Å². The SMILES string of the molecule is CCCN(CCC)c1cc(N=Nc2ccccc2[N+](=O)[O-])c(O)c2cc3ccccc3cc12. The van der Waals surface area contributed by atoms with Crippen molar-refractivity contribution in [2.45, 2.75) is 26.7 Å². The second kappa shape index (κ2) is 9.65. The van der Waals surface area contributed by atoms with Gasteiger partial charge in [0.25, 0.3) is 5.69 Å². The number of para-hydroxylation sites is 1. The molecular weight excluding hydrogens is 416 g/mol. The number of anilines is 1. The van der Waals surface area contributed by atoms with Crippen LogP contribution in [0.4, 0.5) is 22.7 Å². The topological polar surface area (TPSA) is 91.3 Å². The molecule has 0 fully saturated rings. The molecular formula is C26H26N4O3. The molecule has 0 bridgehead atoms. The first-order chi connectivity index (χ1) is 16.0. The molecule has 0 unspecified atom stereocenters. The van der Waals surface area contributed by atoms with Crippen molar-refractivity contribution in [2.75, 3.05) is 18.0 Å². The summed E-state index contributed by atoms with van der Waals surface area (Å²) in [5.74, 6) is 0.00906. The van der Waals surface area contributed by atoms with Gasteiger partial charge in [-0.2, -0.15) is 0 Å². The minimum atomic E-state index is -0.490. The van der Waals surface area contributed by atoms with Crippen molar-refractivity contribution in [3.63, 3.8) is 0 Å². The summed E-state index contributed by atoms with van der Waals surface area (Å²) in [6.45, 7) is 5.99. The van der Waals surface area contributed by atoms with Crippen LogP contribution in [0, 0.1) is 10.1 Å². The summed E-state index contributed by atoms with van der Waals surface area (Å²) in [4.78, 5) is 13.1. The van der Waals surface area contributed by atoms with Crippen molar-refractivity contribution >= 4 is 44.3 Å². The predicted molar refractivity (Wildman–Crippen MR) is 133 cm³/mol. The van der Waals surface area contributed by atoms with Gasteiger partial charge in [0.05, 0.1) is 4.92 Å². The van der Waals surface area contributed by atoms with Crippen LogP contribution in [0.1, 0.15) is 26.7 Å². The zero-order chi connectivity index (χ0) is 23.4. The van der Waals surface area contributed by atoms with Crippen LogP contribution >= 0.6 is 0 Å². The Morgan fingerprint density at radius 1 is 0.848 bits per heavy atom. The van der Waals surface area contributed by atoms with Crippen LogP contribution in [-0.4, -0.2) is 23.1 Å². The van der Waals surface area contributed by atoms with Gasteiger partial charge in [0.15, 0.2) is 11.4 Å². The maximum absolute atomic E-state index is 11.3. The van der Waals surface area contributed by atoms with Gasteiger partial charge >= 0.3 is 0 Å². The molecule has 0 aliphatic rings. The molecule has 4 aromatic rings. The van der Waals surface area contributed by atoms with Crippen LogP contribution in [-0.2, 0) is 0 Å². The fraction of sp³-hybridized carbons (Fsp3) is 0.231. The number of hydrogen-bond donors (Lipinski definition) is 1. The summed E-state index contributed by atoms with van der Waals surface area (Å²) in [6, 6.07) is 20.1. The minimum absolute atomic E-state index is 0.00906. The summed E-state index contributed by atoms with van der Waals surface area (Å²) in [5.41, 5.74) is 1.25. The van der Waals surface area contributed by atoms with Gasteiger partial charge in [-0.05, 0) is 47.9 Å². The molecule has 0 aliphatic carbocycles. The zero-order valence-electron chi connectivity index (χ0n) is 18.7. The lowest BCUT2D eigenvalue weighted by molar-refractivity contribution is -0.384. The average Bonchev–Trinajstić information content (AvgIpc) is 2.83. The van der Waals surface area contributed by atoms with Crippen LogP contribution in [0.2, 0.25) is 0 Å². The normalized spacial score (nSPS) is 11.5. The molecule has 0 atom stereocenters. The third-order valence-corrected chi connectivity index (χ3v) is 5.60. The number of phenols is 1. The van der Waals surface area contributed by atoms with E-state index in [1.807, 2.05) is 30.3 Å². The molecule has 0 saturated carbocycles. The number of azo groups is 1. The van der Waals surface area contributed by atoms with Gasteiger partial charge in [0.1, 0.15) is 5.69 Å². The Hall–Kier alpha value is -4.00. The number of nitro benzene ring substituents is 1. The van der Waals surface area contributed by atoms with E-state index in [2.05, 4.69) is 41.1 Å². The highest BCUT2D eigenvalue weighted by Crippen LogP contribution is 2.43. The molecule has 4 rings (SSSR count). The number of nitrogens with zero attached hydrogens (tertiary/aromatic N) is 4. The third kappa shape index (κ3) is 4.48. The molecule has 0 heterocycles. The Morgan fingerprint density at radius 3 is 2.06 bits per heavy atom. The van der Waals surface area contributed by atoms with Gasteiger partial charge in [-0.1, -0.05) is 50.2 Å². The number of fused-ring (bicyclic) bond motifs is 2. The van der Waals surface area contributed by atoms with E-state index in [1.54, 1.807) is 12.1 Å². The second-order valence-electron chi connectivity index (χ2n) is 7.94. The number of nitro groups is 1. The third-order valence-electron chi connectivity index (χ3n) is 5.60. The standard InChI is InChI=1S/C26H26N4O3/c1-3-13-29(14-4-2)25-17-23(28-27-22-11-7-8-12-24(22)30(32)33)26(31)21-16-19-10-6-5-9-18(19)15-20(21)25/h5-12,15-17,31H,3-4,13-14H2,1-2H3. The Balaban J connectivity index is 1.94. The predicted octanol–water partition coefficient (Wildman–Crippen LogP) is 7.65. The smallest absolute Gasteiger partial charge is 0.296 e. The van der Waals surface area contributed by atoms with E-state index < -0.39 is 4.92 Å². The molecule has 7 nitrogen and oxygen atoms in total. The fourth-order valence-corrected chi connectivity index (χ4v) is 4.10. The van der Waals surface area contributed by atoms with Gasteiger partial charge in [0.2, 0.25) is 0 Å². The number of hydrogen-bond acceptors (Lipinski definition) is 6. The van der Waals surface area contributed by atoms with E-state index >= 15 is 0 Å². The number of benzene rings is 4. The molecule has 7 heteroatoms. The lowest BCUT2D eigenvalue weighted by Crippen LogP contribution is -2.25. The molecule has 33 heavy (non-hydrogen) atoms. The summed E-state index contributed by atoms with van der Waals surface area (Å²) in [6.07, 6.45) is 1.95. The maximum atomic E-state index is 11.3. The summed E-state index contributed by atoms with van der Waals surface area (Å²) >= 11 is 0. The Morgan fingerprint density at radius 2 is 1.42 bits per heavy atom. The van der Waals surface area contributed by atoms with Crippen molar-refractivity contribution in [3.8, 4) is 5.75 Å². The van der Waals surface area contributed by atoms with Crippen molar-refractivity contribution in [2.24, 2.45) is 10.2 Å². The van der Waals surface area contributed by atoms with Gasteiger partial charge in [-0.15, -0.1) is 10.2 Å². The molecule has 4 aromatic carbocycles. The lowest BCUT2D eigenvalue weighted by atomic mass is 10.00. The van der Waals surface area contributed by atoms with Crippen LogP contribution in [0.3, 0.4) is 0 Å². The van der Waals surface area contributed by atoms with Crippen LogP contribution in [0.25, 0.3) is 21.5 Å². The molecule has 0 radical (unpaired) electrons. The quantitative estimate of drug-likeness (QED) is 0.131. The first-order valence-corrected chi connectivity index (χ1v) is 11.1. The molecule has 1 N–H and O–H groups in total. The highest BCUT2D eigenvalue weighted by atomic mass is 16.6. The fourth-order valence-electron chi connectivity index (χ4n) is 4.10. The highest BCUT2D eigenvalue weighted by molar-refractivity contribution is 6.08. The average molecular weight is 443 g/mol. The molecule has 0 aromatic heterocycles. The Labute approximate surface area is 192 Å². The van der Waals surface area contributed by atoms with Gasteiger partial charge in [-0.3, -0.25) is 10.1 Å². The van der Waals surface area contributed by atoms with Gasteiger partial charge in [-0.25, -0.2) is 0 Å². The van der Waals surface area contributed by atoms with E-state index in [0.717, 1.165) is 47.8 Å². The van der Waals surface area contributed by atoms with Crippen molar-refractivity contribution in [1.29, 1.82) is 0 Å².